The molecule has 0 aromatic heterocycles. The van der Waals surface area contributed by atoms with Crippen LogP contribution >= 0.6 is 7.75 Å². The third-order valence-electron chi connectivity index (χ3n) is 1.61. The largest absolute Gasteiger partial charge is 0.406 e. The molecule has 0 fully saturated rings. The first-order valence-corrected chi connectivity index (χ1v) is 9.38. The van der Waals surface area contributed by atoms with Gasteiger partial charge in [-0.2, -0.15) is 8.42 Å². The second-order valence-corrected chi connectivity index (χ2v) is 8.14. The number of nitrogens with one attached hydrogen (secondary N) is 1. The number of hydrogen-bond donors (Lipinski definition) is 1. The molecule has 0 aromatic rings. The topological polar surface area (TPSA) is 90.9 Å². The van der Waals surface area contributed by atoms with Crippen molar-refractivity contribution >= 4 is 17.9 Å². The molecule has 0 heterocycles. The van der Waals surface area contributed by atoms with Crippen molar-refractivity contribution in [2.75, 3.05) is 12.9 Å². The molecular weight excluding hydrogens is 293 g/mol. The van der Waals surface area contributed by atoms with Gasteiger partial charge in [0.1, 0.15) is 0 Å². The average molecular weight is 317 g/mol. The van der Waals surface area contributed by atoms with Gasteiger partial charge in [-0.25, -0.2) is 9.65 Å². The summed E-state index contributed by atoms with van der Waals surface area (Å²) in [7, 11) is -7.03. The lowest BCUT2D eigenvalue weighted by Gasteiger charge is -2.25. The van der Waals surface area contributed by atoms with Gasteiger partial charge in [-0.3, -0.25) is 13.2 Å². The third kappa shape index (κ3) is 10.5. The highest BCUT2D eigenvalue weighted by Gasteiger charge is 2.30. The van der Waals surface area contributed by atoms with E-state index < -0.39 is 23.9 Å². The fourth-order valence-electron chi connectivity index (χ4n) is 1.17. The molecule has 7 nitrogen and oxygen atoms in total. The summed E-state index contributed by atoms with van der Waals surface area (Å²) < 4.78 is 49.3. The SMILES string of the molecule is CC(C)OP(=O)(N[C@@H](C)COS(C)(=O)=O)OC(C)C. The molecular formula is C10H24NO6PS. The van der Waals surface area contributed by atoms with E-state index in [-0.39, 0.29) is 18.8 Å². The van der Waals surface area contributed by atoms with Gasteiger partial charge in [-0.05, 0) is 34.6 Å². The molecule has 0 aliphatic heterocycles. The van der Waals surface area contributed by atoms with Crippen molar-refractivity contribution < 1.29 is 26.2 Å². The molecule has 0 unspecified atom stereocenters. The van der Waals surface area contributed by atoms with E-state index in [1.54, 1.807) is 34.6 Å². The van der Waals surface area contributed by atoms with E-state index in [1.165, 1.54) is 0 Å². The Morgan fingerprint density at radius 1 is 1.05 bits per heavy atom. The van der Waals surface area contributed by atoms with Gasteiger partial charge in [0, 0.05) is 6.04 Å². The van der Waals surface area contributed by atoms with Crippen LogP contribution in [0.25, 0.3) is 0 Å². The van der Waals surface area contributed by atoms with Crippen LogP contribution in [0.3, 0.4) is 0 Å². The van der Waals surface area contributed by atoms with Crippen LogP contribution in [-0.2, 0) is 27.9 Å². The number of rotatable bonds is 9. The number of hydrogen-bond acceptors (Lipinski definition) is 6. The normalized spacial score (nSPS) is 15.2. The Morgan fingerprint density at radius 3 is 1.79 bits per heavy atom. The summed E-state index contributed by atoms with van der Waals surface area (Å²) in [6.07, 6.45) is 0.370. The molecule has 9 heteroatoms. The van der Waals surface area contributed by atoms with Crippen molar-refractivity contribution in [3.05, 3.63) is 0 Å². The molecule has 0 spiro atoms. The van der Waals surface area contributed by atoms with Crippen LogP contribution in [0.2, 0.25) is 0 Å². The van der Waals surface area contributed by atoms with Crippen molar-refractivity contribution in [2.24, 2.45) is 0 Å². The molecule has 0 saturated heterocycles. The minimum atomic E-state index is -3.53. The van der Waals surface area contributed by atoms with Crippen LogP contribution in [0.15, 0.2) is 0 Å². The van der Waals surface area contributed by atoms with E-state index in [2.05, 4.69) is 9.27 Å². The Morgan fingerprint density at radius 2 is 1.47 bits per heavy atom. The highest BCUT2D eigenvalue weighted by atomic mass is 32.2. The molecule has 0 amide bonds. The summed E-state index contributed by atoms with van der Waals surface area (Å²) in [6.45, 7) is 8.41. The molecule has 0 bridgehead atoms. The van der Waals surface area contributed by atoms with Crippen LogP contribution in [0.1, 0.15) is 34.6 Å². The van der Waals surface area contributed by atoms with E-state index >= 15 is 0 Å². The summed E-state index contributed by atoms with van der Waals surface area (Å²) in [4.78, 5) is 0. The Balaban J connectivity index is 4.59. The van der Waals surface area contributed by atoms with E-state index in [9.17, 15) is 13.0 Å². The van der Waals surface area contributed by atoms with Crippen molar-refractivity contribution in [1.29, 1.82) is 0 Å². The van der Waals surface area contributed by atoms with Gasteiger partial charge in [0.2, 0.25) is 0 Å². The third-order valence-corrected chi connectivity index (χ3v) is 4.33. The van der Waals surface area contributed by atoms with Crippen molar-refractivity contribution in [3.63, 3.8) is 0 Å². The second kappa shape index (κ2) is 7.71. The lowest BCUT2D eigenvalue weighted by Crippen LogP contribution is -2.32. The first-order chi connectivity index (χ1) is 8.43. The first-order valence-electron chi connectivity index (χ1n) is 6.02. The Bertz CT molecular complexity index is 394. The second-order valence-electron chi connectivity index (χ2n) is 4.82. The monoisotopic (exact) mass is 317 g/mol. The van der Waals surface area contributed by atoms with Crippen molar-refractivity contribution in [3.8, 4) is 0 Å². The average Bonchev–Trinajstić information content (AvgIpc) is 2.09. The maximum Gasteiger partial charge on any atom is 0.406 e. The summed E-state index contributed by atoms with van der Waals surface area (Å²) in [5.74, 6) is 0. The van der Waals surface area contributed by atoms with Crippen LogP contribution in [0.5, 0.6) is 0 Å². The zero-order valence-electron chi connectivity index (χ0n) is 12.2. The highest BCUT2D eigenvalue weighted by molar-refractivity contribution is 7.85. The molecule has 1 atom stereocenters. The quantitative estimate of drug-likeness (QED) is 0.513. The van der Waals surface area contributed by atoms with E-state index in [0.29, 0.717) is 0 Å². The Kier molecular flexibility index (Phi) is 7.72. The van der Waals surface area contributed by atoms with Gasteiger partial charge in [0.05, 0.1) is 25.1 Å². The van der Waals surface area contributed by atoms with Gasteiger partial charge < -0.3 is 0 Å². The minimum absolute atomic E-state index is 0.147. The fraction of sp³-hybridized carbons (Fsp3) is 1.00. The maximum atomic E-state index is 12.4. The van der Waals surface area contributed by atoms with E-state index in [1.807, 2.05) is 0 Å². The minimum Gasteiger partial charge on any atom is -0.294 e. The molecule has 0 aliphatic carbocycles. The molecule has 0 saturated carbocycles. The molecule has 1 N–H and O–H groups in total. The van der Waals surface area contributed by atoms with Crippen molar-refractivity contribution in [2.45, 2.75) is 52.9 Å². The Hall–Kier alpha value is 0.0200. The molecule has 0 radical (unpaired) electrons. The van der Waals surface area contributed by atoms with Crippen molar-refractivity contribution in [1.82, 2.24) is 5.09 Å². The lowest BCUT2D eigenvalue weighted by molar-refractivity contribution is 0.130. The van der Waals surface area contributed by atoms with E-state index in [0.717, 1.165) is 6.26 Å². The predicted octanol–water partition coefficient (Wildman–Crippen LogP) is 1.90. The zero-order valence-corrected chi connectivity index (χ0v) is 14.0. The van der Waals surface area contributed by atoms with Crippen LogP contribution in [0, 0.1) is 0 Å². The van der Waals surface area contributed by atoms with Gasteiger partial charge in [-0.15, -0.1) is 0 Å². The van der Waals surface area contributed by atoms with Crippen LogP contribution in [-0.4, -0.2) is 39.5 Å². The van der Waals surface area contributed by atoms with Gasteiger partial charge in [-0.1, -0.05) is 0 Å². The summed E-state index contributed by atoms with van der Waals surface area (Å²) >= 11 is 0. The molecule has 116 valence electrons. The smallest absolute Gasteiger partial charge is 0.294 e. The maximum absolute atomic E-state index is 12.4. The zero-order chi connectivity index (χ0) is 15.3. The van der Waals surface area contributed by atoms with E-state index in [4.69, 9.17) is 9.05 Å². The van der Waals surface area contributed by atoms with Crippen LogP contribution in [0.4, 0.5) is 0 Å². The molecule has 19 heavy (non-hydrogen) atoms. The fourth-order valence-corrected chi connectivity index (χ4v) is 3.52. The molecule has 0 aromatic carbocycles. The standard InChI is InChI=1S/C10H24NO6PS/c1-8(2)16-18(12,17-9(3)4)11-10(5)7-15-19(6,13)14/h8-10H,7H2,1-6H3,(H,11,12)/t10-/m0/s1. The molecule has 0 rings (SSSR count). The predicted molar refractivity (Wildman–Crippen MR) is 73.4 cm³/mol. The molecule has 0 aliphatic rings. The van der Waals surface area contributed by atoms with Gasteiger partial charge >= 0.3 is 7.75 Å². The van der Waals surface area contributed by atoms with Gasteiger partial charge in [0.15, 0.2) is 0 Å². The summed E-state index contributed by atoms with van der Waals surface area (Å²) in [6, 6.07) is -0.502. The summed E-state index contributed by atoms with van der Waals surface area (Å²) in [5, 5.41) is 2.65. The Labute approximate surface area is 115 Å². The summed E-state index contributed by atoms with van der Waals surface area (Å²) in [5.41, 5.74) is 0. The highest BCUT2D eigenvalue weighted by Crippen LogP contribution is 2.46. The van der Waals surface area contributed by atoms with Gasteiger partial charge in [0.25, 0.3) is 10.1 Å². The first kappa shape index (κ1) is 19.0. The lowest BCUT2D eigenvalue weighted by atomic mass is 10.4. The van der Waals surface area contributed by atoms with Crippen LogP contribution < -0.4 is 5.09 Å².